The van der Waals surface area contributed by atoms with Crippen molar-refractivity contribution in [1.82, 2.24) is 0 Å². The summed E-state index contributed by atoms with van der Waals surface area (Å²) < 4.78 is 16.8. The lowest BCUT2D eigenvalue weighted by atomic mass is 10.0. The lowest BCUT2D eigenvalue weighted by molar-refractivity contribution is -0.167. The molecule has 6 nitrogen and oxygen atoms in total. The minimum atomic E-state index is -0.774. The summed E-state index contributed by atoms with van der Waals surface area (Å²) >= 11 is 0. The van der Waals surface area contributed by atoms with Crippen molar-refractivity contribution in [3.63, 3.8) is 0 Å². The summed E-state index contributed by atoms with van der Waals surface area (Å²) in [4.78, 5) is 37.9. The van der Waals surface area contributed by atoms with Crippen LogP contribution >= 0.6 is 0 Å². The normalized spacial score (nSPS) is 12.2. The monoisotopic (exact) mass is 913 g/mol. The average molecular weight is 914 g/mol. The first-order chi connectivity index (χ1) is 32.0. The molecule has 0 amide bonds. The van der Waals surface area contributed by atoms with Crippen LogP contribution in [-0.4, -0.2) is 37.2 Å². The highest BCUT2D eigenvalue weighted by molar-refractivity contribution is 5.71. The Hall–Kier alpha value is -2.37. The zero-order chi connectivity index (χ0) is 47.2. The molecule has 65 heavy (non-hydrogen) atoms. The smallest absolute Gasteiger partial charge is 0.306 e. The van der Waals surface area contributed by atoms with E-state index in [1.807, 2.05) is 0 Å². The van der Waals surface area contributed by atoms with Crippen molar-refractivity contribution in [2.75, 3.05) is 13.2 Å². The highest BCUT2D eigenvalue weighted by atomic mass is 16.6. The highest BCUT2D eigenvalue weighted by Crippen LogP contribution is 2.16. The summed E-state index contributed by atoms with van der Waals surface area (Å²) in [6, 6.07) is 0. The molecular weight excluding hydrogens is 805 g/mol. The van der Waals surface area contributed by atoms with Crippen molar-refractivity contribution in [2.45, 2.75) is 309 Å². The molecule has 0 bridgehead atoms. The first kappa shape index (κ1) is 62.6. The molecule has 0 aromatic heterocycles. The molecule has 0 rings (SSSR count). The van der Waals surface area contributed by atoms with Crippen LogP contribution in [0.4, 0.5) is 0 Å². The topological polar surface area (TPSA) is 78.9 Å². The van der Waals surface area contributed by atoms with Gasteiger partial charge >= 0.3 is 17.9 Å². The van der Waals surface area contributed by atoms with Gasteiger partial charge in [-0.1, -0.05) is 250 Å². The molecule has 1 unspecified atom stereocenters. The minimum Gasteiger partial charge on any atom is -0.462 e. The molecule has 0 aliphatic carbocycles. The van der Waals surface area contributed by atoms with Gasteiger partial charge in [-0.05, 0) is 70.6 Å². The van der Waals surface area contributed by atoms with Crippen LogP contribution in [0.25, 0.3) is 0 Å². The number of esters is 3. The first-order valence-corrected chi connectivity index (χ1v) is 28.5. The minimum absolute atomic E-state index is 0.0748. The Morgan fingerprint density at radius 1 is 0.308 bits per heavy atom. The van der Waals surface area contributed by atoms with Gasteiger partial charge in [0.1, 0.15) is 13.2 Å². The Morgan fingerprint density at radius 3 is 0.923 bits per heavy atom. The highest BCUT2D eigenvalue weighted by Gasteiger charge is 2.19. The molecule has 0 radical (unpaired) electrons. The fraction of sp³-hybridized carbons (Fsp3) is 0.847. The Labute approximate surface area is 404 Å². The number of hydrogen-bond acceptors (Lipinski definition) is 6. The van der Waals surface area contributed by atoms with E-state index in [1.165, 1.54) is 173 Å². The van der Waals surface area contributed by atoms with E-state index in [-0.39, 0.29) is 31.1 Å². The molecule has 0 aromatic rings. The molecule has 0 fully saturated rings. The maximum atomic E-state index is 12.8. The van der Waals surface area contributed by atoms with Crippen LogP contribution in [-0.2, 0) is 28.6 Å². The van der Waals surface area contributed by atoms with Crippen LogP contribution in [0.15, 0.2) is 36.5 Å². The average Bonchev–Trinajstić information content (AvgIpc) is 3.30. The lowest BCUT2D eigenvalue weighted by Crippen LogP contribution is -2.30. The van der Waals surface area contributed by atoms with Crippen molar-refractivity contribution >= 4 is 17.9 Å². The first-order valence-electron chi connectivity index (χ1n) is 28.5. The van der Waals surface area contributed by atoms with Crippen molar-refractivity contribution in [2.24, 2.45) is 0 Å². The standard InChI is InChI=1S/C59H108O6/c1-4-7-10-13-16-19-21-23-24-25-26-27-28-29-30-31-32-33-34-36-37-40-43-46-49-52-58(61)64-55-56(54-63-57(60)51-48-45-42-39-18-15-12-9-6-3)65-59(62)53-50-47-44-41-38-35-22-20-17-14-11-8-5-2/h11,14,20,22,25-26,56H,4-10,12-13,15-19,21,23-24,27-55H2,1-3H3/b14-11-,22-20-,26-25-. The van der Waals surface area contributed by atoms with E-state index >= 15 is 0 Å². The molecule has 0 saturated heterocycles. The molecule has 0 N–H and O–H groups in total. The summed E-state index contributed by atoms with van der Waals surface area (Å²) in [5, 5.41) is 0. The lowest BCUT2D eigenvalue weighted by Gasteiger charge is -2.18. The third kappa shape index (κ3) is 52.5. The predicted octanol–water partition coefficient (Wildman–Crippen LogP) is 18.9. The molecule has 0 aliphatic heterocycles. The Kier molecular flexibility index (Phi) is 52.3. The second kappa shape index (κ2) is 54.2. The van der Waals surface area contributed by atoms with Crippen LogP contribution < -0.4 is 0 Å². The van der Waals surface area contributed by atoms with Crippen LogP contribution in [0.3, 0.4) is 0 Å². The molecule has 380 valence electrons. The van der Waals surface area contributed by atoms with E-state index in [1.54, 1.807) is 0 Å². The predicted molar refractivity (Wildman–Crippen MR) is 279 cm³/mol. The Morgan fingerprint density at radius 2 is 0.585 bits per heavy atom. The SMILES string of the molecule is CCC/C=C\C/C=C\CCCCCCCC(=O)OC(COC(=O)CCCCCCCCCCC)COC(=O)CCCCCCCCCCCCCCC/C=C\CCCCCCCCCC. The molecule has 0 aliphatic rings. The quantitative estimate of drug-likeness (QED) is 0.0262. The van der Waals surface area contributed by atoms with Crippen molar-refractivity contribution < 1.29 is 28.6 Å². The summed E-state index contributed by atoms with van der Waals surface area (Å²) in [5.74, 6) is -0.879. The molecule has 1 atom stereocenters. The van der Waals surface area contributed by atoms with Gasteiger partial charge in [0.15, 0.2) is 6.10 Å². The molecule has 0 aromatic carbocycles. The third-order valence-corrected chi connectivity index (χ3v) is 12.6. The van der Waals surface area contributed by atoms with Crippen LogP contribution in [0.5, 0.6) is 0 Å². The number of allylic oxidation sites excluding steroid dienone is 6. The summed E-state index contributed by atoms with van der Waals surface area (Å²) in [5.41, 5.74) is 0. The van der Waals surface area contributed by atoms with Crippen LogP contribution in [0, 0.1) is 0 Å². The van der Waals surface area contributed by atoms with Crippen molar-refractivity contribution in [1.29, 1.82) is 0 Å². The number of rotatable bonds is 52. The van der Waals surface area contributed by atoms with Gasteiger partial charge in [-0.15, -0.1) is 0 Å². The van der Waals surface area contributed by atoms with Crippen LogP contribution in [0.2, 0.25) is 0 Å². The number of carbonyl (C=O) groups is 3. The van der Waals surface area contributed by atoms with E-state index in [0.717, 1.165) is 89.9 Å². The van der Waals surface area contributed by atoms with Crippen molar-refractivity contribution in [3.8, 4) is 0 Å². The van der Waals surface area contributed by atoms with Gasteiger partial charge in [0.2, 0.25) is 0 Å². The Bertz CT molecular complexity index is 1090. The molecule has 0 saturated carbocycles. The maximum absolute atomic E-state index is 12.8. The number of carbonyl (C=O) groups excluding carboxylic acids is 3. The second-order valence-electron chi connectivity index (χ2n) is 19.2. The van der Waals surface area contributed by atoms with E-state index in [0.29, 0.717) is 19.3 Å². The van der Waals surface area contributed by atoms with Gasteiger partial charge in [-0.3, -0.25) is 14.4 Å². The van der Waals surface area contributed by atoms with E-state index in [4.69, 9.17) is 14.2 Å². The number of unbranched alkanes of at least 4 members (excludes halogenated alkanes) is 35. The largest absolute Gasteiger partial charge is 0.462 e. The fourth-order valence-corrected chi connectivity index (χ4v) is 8.30. The van der Waals surface area contributed by atoms with Gasteiger partial charge in [-0.25, -0.2) is 0 Å². The number of ether oxygens (including phenoxy) is 3. The summed E-state index contributed by atoms with van der Waals surface area (Å²) in [6.07, 6.45) is 64.4. The van der Waals surface area contributed by atoms with Gasteiger partial charge in [0.25, 0.3) is 0 Å². The molecular formula is C59H108O6. The zero-order valence-electron chi connectivity index (χ0n) is 43.5. The molecule has 6 heteroatoms. The summed E-state index contributed by atoms with van der Waals surface area (Å²) in [7, 11) is 0. The van der Waals surface area contributed by atoms with Crippen LogP contribution in [0.1, 0.15) is 303 Å². The maximum Gasteiger partial charge on any atom is 0.306 e. The Balaban J connectivity index is 4.15. The van der Waals surface area contributed by atoms with E-state index in [2.05, 4.69) is 57.2 Å². The van der Waals surface area contributed by atoms with Crippen molar-refractivity contribution in [3.05, 3.63) is 36.5 Å². The molecule has 0 heterocycles. The van der Waals surface area contributed by atoms with Gasteiger partial charge in [0, 0.05) is 19.3 Å². The van der Waals surface area contributed by atoms with Gasteiger partial charge in [0.05, 0.1) is 0 Å². The third-order valence-electron chi connectivity index (χ3n) is 12.6. The van der Waals surface area contributed by atoms with Gasteiger partial charge in [-0.2, -0.15) is 0 Å². The fourth-order valence-electron chi connectivity index (χ4n) is 8.30. The van der Waals surface area contributed by atoms with Gasteiger partial charge < -0.3 is 14.2 Å². The number of hydrogen-bond donors (Lipinski definition) is 0. The zero-order valence-corrected chi connectivity index (χ0v) is 43.5. The summed E-state index contributed by atoms with van der Waals surface area (Å²) in [6.45, 7) is 6.57. The van der Waals surface area contributed by atoms with E-state index < -0.39 is 6.10 Å². The second-order valence-corrected chi connectivity index (χ2v) is 19.2. The molecule has 0 spiro atoms. The van der Waals surface area contributed by atoms with E-state index in [9.17, 15) is 14.4 Å².